The van der Waals surface area contributed by atoms with E-state index in [-0.39, 0.29) is 5.54 Å². The minimum Gasteiger partial charge on any atom is -0.299 e. The number of nitrogens with zero attached hydrogens (tertiary/aromatic N) is 2. The first-order chi connectivity index (χ1) is 10.3. The highest BCUT2D eigenvalue weighted by atomic mass is 16.1. The molecule has 0 N–H and O–H groups in total. The van der Waals surface area contributed by atoms with Crippen LogP contribution in [0, 0.1) is 0 Å². The molecule has 0 amide bonds. The summed E-state index contributed by atoms with van der Waals surface area (Å²) in [6.45, 7) is 3.49. The fraction of sp³-hybridized carbons (Fsp3) is 0.611. The maximum absolute atomic E-state index is 10.8. The molecule has 0 atom stereocenters. The van der Waals surface area contributed by atoms with E-state index in [2.05, 4.69) is 34.2 Å². The van der Waals surface area contributed by atoms with Crippen LogP contribution in [0.5, 0.6) is 0 Å². The quantitative estimate of drug-likeness (QED) is 0.622. The molecule has 1 saturated carbocycles. The first-order valence-electron chi connectivity index (χ1n) is 8.23. The van der Waals surface area contributed by atoms with E-state index < -0.39 is 0 Å². The summed E-state index contributed by atoms with van der Waals surface area (Å²) in [7, 11) is 0. The molecule has 1 saturated heterocycles. The Hall–Kier alpha value is -1.44. The maximum Gasteiger partial charge on any atom is 0.235 e. The average molecular weight is 284 g/mol. The van der Waals surface area contributed by atoms with Crippen LogP contribution < -0.4 is 0 Å². The van der Waals surface area contributed by atoms with Crippen LogP contribution in [0.4, 0.5) is 0 Å². The predicted octanol–water partition coefficient (Wildman–Crippen LogP) is 3.78. The van der Waals surface area contributed by atoms with Crippen molar-refractivity contribution in [1.82, 2.24) is 4.90 Å². The van der Waals surface area contributed by atoms with Crippen LogP contribution in [0.1, 0.15) is 56.1 Å². The summed E-state index contributed by atoms with van der Waals surface area (Å²) in [5.41, 5.74) is 2.26. The molecule has 3 rings (SSSR count). The van der Waals surface area contributed by atoms with Gasteiger partial charge in [0, 0.05) is 6.54 Å². The molecule has 2 aliphatic rings. The van der Waals surface area contributed by atoms with Crippen LogP contribution in [0.2, 0.25) is 0 Å². The Morgan fingerprint density at radius 3 is 2.29 bits per heavy atom. The van der Waals surface area contributed by atoms with Gasteiger partial charge in [-0.3, -0.25) is 4.90 Å². The van der Waals surface area contributed by atoms with Crippen molar-refractivity contribution in [1.29, 1.82) is 0 Å². The fourth-order valence-corrected chi connectivity index (χ4v) is 3.81. The van der Waals surface area contributed by atoms with Crippen LogP contribution in [-0.4, -0.2) is 24.1 Å². The van der Waals surface area contributed by atoms with Crippen molar-refractivity contribution in [3.63, 3.8) is 0 Å². The molecule has 1 aliphatic heterocycles. The number of carbonyl (C=O) groups excluding carboxylic acids is 1. The van der Waals surface area contributed by atoms with Gasteiger partial charge in [0.15, 0.2) is 0 Å². The Kier molecular flexibility index (Phi) is 4.52. The number of aliphatic imine (C=N–C) groups is 1. The van der Waals surface area contributed by atoms with E-state index in [1.807, 2.05) is 0 Å². The van der Waals surface area contributed by atoms with Gasteiger partial charge in [-0.15, -0.1) is 0 Å². The monoisotopic (exact) mass is 284 g/mol. The van der Waals surface area contributed by atoms with Crippen molar-refractivity contribution in [3.05, 3.63) is 35.4 Å². The lowest BCUT2D eigenvalue weighted by Gasteiger charge is -2.27. The molecule has 1 heterocycles. The van der Waals surface area contributed by atoms with Crippen LogP contribution >= 0.6 is 0 Å². The molecule has 112 valence electrons. The molecular formula is C18H24N2O. The third kappa shape index (κ3) is 3.25. The van der Waals surface area contributed by atoms with E-state index in [1.165, 1.54) is 43.5 Å². The van der Waals surface area contributed by atoms with E-state index in [9.17, 15) is 4.79 Å². The van der Waals surface area contributed by atoms with Crippen molar-refractivity contribution in [2.24, 2.45) is 4.99 Å². The van der Waals surface area contributed by atoms with Crippen LogP contribution in [0.15, 0.2) is 29.3 Å². The number of hydrogen-bond acceptors (Lipinski definition) is 3. The molecule has 1 aliphatic carbocycles. The molecule has 0 aromatic heterocycles. The first kappa shape index (κ1) is 14.5. The summed E-state index contributed by atoms with van der Waals surface area (Å²) in [5, 5.41) is 0. The molecule has 1 aromatic carbocycles. The van der Waals surface area contributed by atoms with Gasteiger partial charge in [-0.05, 0) is 49.9 Å². The number of piperidine rings is 1. The van der Waals surface area contributed by atoms with E-state index >= 15 is 0 Å². The summed E-state index contributed by atoms with van der Waals surface area (Å²) in [5.74, 6) is 0. The molecule has 2 fully saturated rings. The summed E-state index contributed by atoms with van der Waals surface area (Å²) in [4.78, 5) is 17.5. The number of rotatable bonds is 4. The summed E-state index contributed by atoms with van der Waals surface area (Å²) in [6, 6.07) is 8.77. The molecule has 1 aromatic rings. The number of likely N-dealkylation sites (tertiary alicyclic amines) is 1. The zero-order chi connectivity index (χ0) is 14.5. The maximum atomic E-state index is 10.8. The summed E-state index contributed by atoms with van der Waals surface area (Å²) in [6.07, 6.45) is 10.1. The molecular weight excluding hydrogens is 260 g/mol. The Balaban J connectivity index is 1.72. The Morgan fingerprint density at radius 2 is 1.67 bits per heavy atom. The Labute approximate surface area is 127 Å². The zero-order valence-corrected chi connectivity index (χ0v) is 12.7. The smallest absolute Gasteiger partial charge is 0.235 e. The second-order valence-electron chi connectivity index (χ2n) is 6.48. The van der Waals surface area contributed by atoms with Gasteiger partial charge in [0.1, 0.15) is 0 Å². The third-order valence-electron chi connectivity index (χ3n) is 5.04. The van der Waals surface area contributed by atoms with Gasteiger partial charge in [-0.2, -0.15) is 4.99 Å². The van der Waals surface area contributed by atoms with Gasteiger partial charge in [0.25, 0.3) is 0 Å². The topological polar surface area (TPSA) is 32.7 Å². The summed E-state index contributed by atoms with van der Waals surface area (Å²) < 4.78 is 0. The minimum atomic E-state index is -0.286. The number of hydrogen-bond donors (Lipinski definition) is 0. The van der Waals surface area contributed by atoms with Gasteiger partial charge >= 0.3 is 0 Å². The molecule has 3 heteroatoms. The number of benzene rings is 1. The van der Waals surface area contributed by atoms with Crippen LogP contribution in [-0.2, 0) is 16.9 Å². The highest BCUT2D eigenvalue weighted by Gasteiger charge is 2.35. The largest absolute Gasteiger partial charge is 0.299 e. The first-order valence-corrected chi connectivity index (χ1v) is 8.23. The van der Waals surface area contributed by atoms with Crippen molar-refractivity contribution in [2.75, 3.05) is 13.1 Å². The molecule has 0 bridgehead atoms. The van der Waals surface area contributed by atoms with Crippen molar-refractivity contribution in [3.8, 4) is 0 Å². The molecule has 0 spiro atoms. The lowest BCUT2D eigenvalue weighted by molar-refractivity contribution is 0.221. The SMILES string of the molecule is O=C=NC1(c2ccc(CN3CCCCC3)cc2)CCCC1. The standard InChI is InChI=1S/C18H24N2O/c21-15-19-18(10-2-3-11-18)17-8-6-16(7-9-17)14-20-12-4-1-5-13-20/h6-9H,1-5,10-14H2. The van der Waals surface area contributed by atoms with Gasteiger partial charge in [0.2, 0.25) is 6.08 Å². The van der Waals surface area contributed by atoms with Gasteiger partial charge < -0.3 is 0 Å². The second-order valence-corrected chi connectivity index (χ2v) is 6.48. The third-order valence-corrected chi connectivity index (χ3v) is 5.04. The lowest BCUT2D eigenvalue weighted by atomic mass is 9.88. The average Bonchev–Trinajstić information content (AvgIpc) is 2.99. The minimum absolute atomic E-state index is 0.286. The second kappa shape index (κ2) is 6.55. The molecule has 0 radical (unpaired) electrons. The van der Waals surface area contributed by atoms with E-state index in [0.29, 0.717) is 0 Å². The highest BCUT2D eigenvalue weighted by molar-refractivity contribution is 5.39. The zero-order valence-electron chi connectivity index (χ0n) is 12.7. The van der Waals surface area contributed by atoms with E-state index in [4.69, 9.17) is 0 Å². The van der Waals surface area contributed by atoms with Crippen molar-refractivity contribution in [2.45, 2.75) is 57.0 Å². The highest BCUT2D eigenvalue weighted by Crippen LogP contribution is 2.42. The van der Waals surface area contributed by atoms with Crippen molar-refractivity contribution >= 4 is 6.08 Å². The van der Waals surface area contributed by atoms with Gasteiger partial charge in [-0.1, -0.05) is 43.5 Å². The predicted molar refractivity (Wildman–Crippen MR) is 83.8 cm³/mol. The van der Waals surface area contributed by atoms with Crippen LogP contribution in [0.3, 0.4) is 0 Å². The molecule has 3 nitrogen and oxygen atoms in total. The molecule has 21 heavy (non-hydrogen) atoms. The lowest BCUT2D eigenvalue weighted by Crippen LogP contribution is -2.29. The fourth-order valence-electron chi connectivity index (χ4n) is 3.81. The Bertz CT molecular complexity index is 505. The van der Waals surface area contributed by atoms with E-state index in [1.54, 1.807) is 6.08 Å². The van der Waals surface area contributed by atoms with Gasteiger partial charge in [-0.25, -0.2) is 4.79 Å². The van der Waals surface area contributed by atoms with E-state index in [0.717, 1.165) is 32.2 Å². The van der Waals surface area contributed by atoms with Crippen molar-refractivity contribution < 1.29 is 4.79 Å². The van der Waals surface area contributed by atoms with Gasteiger partial charge in [0.05, 0.1) is 5.54 Å². The summed E-state index contributed by atoms with van der Waals surface area (Å²) >= 11 is 0. The van der Waals surface area contributed by atoms with Crippen LogP contribution in [0.25, 0.3) is 0 Å². The number of isocyanates is 1. The Morgan fingerprint density at radius 1 is 1.00 bits per heavy atom. The molecule has 0 unspecified atom stereocenters. The normalized spacial score (nSPS) is 21.9.